The van der Waals surface area contributed by atoms with Crippen molar-refractivity contribution >= 4 is 49.4 Å². The van der Waals surface area contributed by atoms with E-state index in [1.807, 2.05) is 0 Å². The number of amides is 1. The third-order valence-corrected chi connectivity index (χ3v) is 3.13. The first-order valence-corrected chi connectivity index (χ1v) is 5.99. The van der Waals surface area contributed by atoms with E-state index < -0.39 is 17.8 Å². The topological polar surface area (TPSA) is 66.4 Å². The summed E-state index contributed by atoms with van der Waals surface area (Å²) < 4.78 is 1.50. The van der Waals surface area contributed by atoms with Crippen molar-refractivity contribution in [2.45, 2.75) is 6.92 Å². The first-order chi connectivity index (χ1) is 7.41. The number of hydrogen-bond donors (Lipinski definition) is 2. The fourth-order valence-corrected chi connectivity index (χ4v) is 1.65. The van der Waals surface area contributed by atoms with Gasteiger partial charge in [0, 0.05) is 8.95 Å². The Balaban J connectivity index is 2.84. The zero-order chi connectivity index (χ0) is 12.3. The number of hydrogen-bond acceptors (Lipinski definition) is 2. The summed E-state index contributed by atoms with van der Waals surface area (Å²) in [6.45, 7) is 1.34. The number of anilines is 1. The van der Waals surface area contributed by atoms with Gasteiger partial charge < -0.3 is 10.4 Å². The Morgan fingerprint density at radius 1 is 1.38 bits per heavy atom. The van der Waals surface area contributed by atoms with Crippen LogP contribution in [0.15, 0.2) is 27.1 Å². The lowest BCUT2D eigenvalue weighted by atomic mass is 10.1. The van der Waals surface area contributed by atoms with Crippen LogP contribution < -0.4 is 5.32 Å². The molecular formula is C10H9Br2NO3. The summed E-state index contributed by atoms with van der Waals surface area (Å²) in [7, 11) is 0. The van der Waals surface area contributed by atoms with Crippen LogP contribution in [0.3, 0.4) is 0 Å². The average Bonchev–Trinajstić information content (AvgIpc) is 2.22. The maximum absolute atomic E-state index is 11.5. The average molecular weight is 351 g/mol. The molecule has 0 radical (unpaired) electrons. The number of carbonyl (C=O) groups excluding carboxylic acids is 1. The Bertz CT molecular complexity index is 434. The molecule has 0 saturated carbocycles. The molecule has 0 aromatic heterocycles. The van der Waals surface area contributed by atoms with E-state index >= 15 is 0 Å². The van der Waals surface area contributed by atoms with Gasteiger partial charge >= 0.3 is 5.97 Å². The SMILES string of the molecule is CC(C(=O)O)C(=O)Nc1cc(Br)ccc1Br. The maximum Gasteiger partial charge on any atom is 0.315 e. The van der Waals surface area contributed by atoms with E-state index in [1.165, 1.54) is 6.92 Å². The molecule has 2 N–H and O–H groups in total. The molecule has 1 aromatic carbocycles. The second-order valence-corrected chi connectivity index (χ2v) is 4.94. The number of carboxylic acids is 1. The molecule has 86 valence electrons. The Labute approximate surface area is 109 Å². The number of carboxylic acid groups (broad SMARTS) is 1. The highest BCUT2D eigenvalue weighted by molar-refractivity contribution is 9.11. The molecule has 1 atom stereocenters. The summed E-state index contributed by atoms with van der Waals surface area (Å²) >= 11 is 6.53. The summed E-state index contributed by atoms with van der Waals surface area (Å²) in [5.41, 5.74) is 0.535. The molecule has 0 spiro atoms. The molecule has 0 aliphatic rings. The van der Waals surface area contributed by atoms with E-state index in [4.69, 9.17) is 5.11 Å². The molecule has 0 fully saturated rings. The molecule has 0 aliphatic carbocycles. The summed E-state index contributed by atoms with van der Waals surface area (Å²) in [5.74, 6) is -2.78. The van der Waals surface area contributed by atoms with Gasteiger partial charge in [0.2, 0.25) is 5.91 Å². The number of aliphatic carboxylic acids is 1. The van der Waals surface area contributed by atoms with Crippen molar-refractivity contribution in [1.82, 2.24) is 0 Å². The molecule has 1 amide bonds. The van der Waals surface area contributed by atoms with Crippen molar-refractivity contribution in [2.75, 3.05) is 5.32 Å². The lowest BCUT2D eigenvalue weighted by Crippen LogP contribution is -2.27. The fourth-order valence-electron chi connectivity index (χ4n) is 0.946. The van der Waals surface area contributed by atoms with Crippen molar-refractivity contribution in [3.63, 3.8) is 0 Å². The van der Waals surface area contributed by atoms with Gasteiger partial charge in [-0.25, -0.2) is 0 Å². The Morgan fingerprint density at radius 3 is 2.56 bits per heavy atom. The molecule has 0 aliphatic heterocycles. The number of halogens is 2. The van der Waals surface area contributed by atoms with E-state index in [1.54, 1.807) is 18.2 Å². The van der Waals surface area contributed by atoms with Crippen molar-refractivity contribution in [3.8, 4) is 0 Å². The monoisotopic (exact) mass is 349 g/mol. The summed E-state index contributed by atoms with van der Waals surface area (Å²) in [6, 6.07) is 5.25. The highest BCUT2D eigenvalue weighted by Gasteiger charge is 2.21. The summed E-state index contributed by atoms with van der Waals surface area (Å²) in [6.07, 6.45) is 0. The van der Waals surface area contributed by atoms with Crippen LogP contribution in [0.2, 0.25) is 0 Å². The Kier molecular flexibility index (Phi) is 4.49. The predicted molar refractivity (Wildman–Crippen MR) is 67.3 cm³/mol. The van der Waals surface area contributed by atoms with Crippen LogP contribution in [-0.4, -0.2) is 17.0 Å². The molecule has 0 heterocycles. The summed E-state index contributed by atoms with van der Waals surface area (Å²) in [4.78, 5) is 22.1. The minimum atomic E-state index is -1.15. The molecule has 16 heavy (non-hydrogen) atoms. The van der Waals surface area contributed by atoms with Gasteiger partial charge in [0.1, 0.15) is 5.92 Å². The number of rotatable bonds is 3. The quantitative estimate of drug-likeness (QED) is 0.824. The van der Waals surface area contributed by atoms with Crippen molar-refractivity contribution in [2.24, 2.45) is 5.92 Å². The van der Waals surface area contributed by atoms with Crippen LogP contribution in [0.4, 0.5) is 5.69 Å². The van der Waals surface area contributed by atoms with Gasteiger partial charge in [0.25, 0.3) is 0 Å². The zero-order valence-corrected chi connectivity index (χ0v) is 11.5. The van der Waals surface area contributed by atoms with Gasteiger partial charge in [-0.2, -0.15) is 0 Å². The van der Waals surface area contributed by atoms with Crippen molar-refractivity contribution in [1.29, 1.82) is 0 Å². The normalized spacial score (nSPS) is 11.9. The largest absolute Gasteiger partial charge is 0.481 e. The van der Waals surface area contributed by atoms with Crippen LogP contribution in [0.1, 0.15) is 6.92 Å². The molecule has 1 unspecified atom stereocenters. The molecule has 0 bridgehead atoms. The van der Waals surface area contributed by atoms with Gasteiger partial charge in [-0.3, -0.25) is 9.59 Å². The molecule has 4 nitrogen and oxygen atoms in total. The van der Waals surface area contributed by atoms with Gasteiger partial charge in [-0.05, 0) is 41.1 Å². The first kappa shape index (κ1) is 13.2. The maximum atomic E-state index is 11.5. The van der Waals surface area contributed by atoms with Gasteiger partial charge in [0.05, 0.1) is 5.69 Å². The standard InChI is InChI=1S/C10H9Br2NO3/c1-5(10(15)16)9(14)13-8-4-6(11)2-3-7(8)12/h2-5H,1H3,(H,13,14)(H,15,16). The van der Waals surface area contributed by atoms with Crippen LogP contribution in [0.25, 0.3) is 0 Å². The molecular weight excluding hydrogens is 342 g/mol. The fraction of sp³-hybridized carbons (Fsp3) is 0.200. The van der Waals surface area contributed by atoms with Crippen molar-refractivity contribution < 1.29 is 14.7 Å². The minimum Gasteiger partial charge on any atom is -0.481 e. The lowest BCUT2D eigenvalue weighted by Gasteiger charge is -2.10. The highest BCUT2D eigenvalue weighted by Crippen LogP contribution is 2.26. The van der Waals surface area contributed by atoms with Crippen LogP contribution >= 0.6 is 31.9 Å². The van der Waals surface area contributed by atoms with Gasteiger partial charge in [-0.15, -0.1) is 0 Å². The lowest BCUT2D eigenvalue weighted by molar-refractivity contribution is -0.144. The van der Waals surface area contributed by atoms with Crippen molar-refractivity contribution in [3.05, 3.63) is 27.1 Å². The first-order valence-electron chi connectivity index (χ1n) is 4.40. The molecule has 1 rings (SSSR count). The second-order valence-electron chi connectivity index (χ2n) is 3.17. The zero-order valence-electron chi connectivity index (χ0n) is 8.33. The van der Waals surface area contributed by atoms with Crippen LogP contribution in [-0.2, 0) is 9.59 Å². The molecule has 1 aromatic rings. The third-order valence-electron chi connectivity index (χ3n) is 1.95. The van der Waals surface area contributed by atoms with E-state index in [9.17, 15) is 9.59 Å². The molecule has 0 saturated heterocycles. The predicted octanol–water partition coefficient (Wildman–Crippen LogP) is 2.87. The molecule has 6 heteroatoms. The smallest absolute Gasteiger partial charge is 0.315 e. The highest BCUT2D eigenvalue weighted by atomic mass is 79.9. The van der Waals surface area contributed by atoms with E-state index in [-0.39, 0.29) is 0 Å². The third kappa shape index (κ3) is 3.31. The summed E-state index contributed by atoms with van der Waals surface area (Å²) in [5, 5.41) is 11.2. The second kappa shape index (κ2) is 5.45. The van der Waals surface area contributed by atoms with Gasteiger partial charge in [0.15, 0.2) is 0 Å². The number of benzene rings is 1. The Hall–Kier alpha value is -0.880. The van der Waals surface area contributed by atoms with E-state index in [0.29, 0.717) is 10.2 Å². The Morgan fingerprint density at radius 2 is 2.00 bits per heavy atom. The number of nitrogens with one attached hydrogen (secondary N) is 1. The van der Waals surface area contributed by atoms with E-state index in [0.717, 1.165) is 4.47 Å². The number of carbonyl (C=O) groups is 2. The van der Waals surface area contributed by atoms with E-state index in [2.05, 4.69) is 37.2 Å². The van der Waals surface area contributed by atoms with Crippen LogP contribution in [0.5, 0.6) is 0 Å². The van der Waals surface area contributed by atoms with Gasteiger partial charge in [-0.1, -0.05) is 15.9 Å². The minimum absolute atomic E-state index is 0.535. The van der Waals surface area contributed by atoms with Crippen LogP contribution in [0, 0.1) is 5.92 Å².